The first-order chi connectivity index (χ1) is 5.83. The summed E-state index contributed by atoms with van der Waals surface area (Å²) in [4.78, 5) is 0.572. The van der Waals surface area contributed by atoms with Crippen LogP contribution in [0.15, 0.2) is 0 Å². The Hall–Kier alpha value is 0.440. The maximum absolute atomic E-state index is 5.07. The second kappa shape index (κ2) is 5.98. The van der Waals surface area contributed by atoms with Crippen LogP contribution in [0.3, 0.4) is 0 Å². The van der Waals surface area contributed by atoms with E-state index in [1.165, 1.54) is 38.5 Å². The van der Waals surface area contributed by atoms with Crippen molar-refractivity contribution >= 4 is 15.9 Å². The molecule has 0 amide bonds. The Balaban J connectivity index is 1.99. The van der Waals surface area contributed by atoms with E-state index in [2.05, 4.69) is 15.9 Å². The maximum Gasteiger partial charge on any atom is 0.0587 e. The Morgan fingerprint density at radius 3 is 2.67 bits per heavy atom. The molecule has 1 rings (SSSR count). The van der Waals surface area contributed by atoms with Gasteiger partial charge in [-0.05, 0) is 18.8 Å². The van der Waals surface area contributed by atoms with Crippen molar-refractivity contribution in [3.8, 4) is 0 Å². The summed E-state index contributed by atoms with van der Waals surface area (Å²) in [7, 11) is 1.77. The number of ether oxygens (including phenoxy) is 1. The van der Waals surface area contributed by atoms with Crippen LogP contribution in [0.25, 0.3) is 0 Å². The monoisotopic (exact) mass is 234 g/mol. The van der Waals surface area contributed by atoms with Crippen LogP contribution >= 0.6 is 15.9 Å². The molecule has 1 unspecified atom stereocenters. The molecule has 1 saturated carbocycles. The SMILES string of the molecule is COCC(Br)CCC1CCCC1. The van der Waals surface area contributed by atoms with E-state index in [-0.39, 0.29) is 0 Å². The van der Waals surface area contributed by atoms with Crippen LogP contribution in [-0.4, -0.2) is 18.5 Å². The summed E-state index contributed by atoms with van der Waals surface area (Å²) in [5.74, 6) is 1.02. The molecule has 72 valence electrons. The van der Waals surface area contributed by atoms with Gasteiger partial charge in [0.1, 0.15) is 0 Å². The molecule has 1 atom stereocenters. The lowest BCUT2D eigenvalue weighted by molar-refractivity contribution is 0.196. The molecule has 0 aromatic carbocycles. The van der Waals surface area contributed by atoms with Gasteiger partial charge in [-0.2, -0.15) is 0 Å². The summed E-state index contributed by atoms with van der Waals surface area (Å²) in [5.41, 5.74) is 0. The lowest BCUT2D eigenvalue weighted by atomic mass is 10.0. The number of hydrogen-bond donors (Lipinski definition) is 0. The van der Waals surface area contributed by atoms with E-state index in [1.807, 2.05) is 0 Å². The van der Waals surface area contributed by atoms with E-state index in [9.17, 15) is 0 Å². The molecule has 0 aromatic rings. The summed E-state index contributed by atoms with van der Waals surface area (Å²) < 4.78 is 5.07. The normalized spacial score (nSPS) is 21.5. The van der Waals surface area contributed by atoms with Crippen molar-refractivity contribution in [2.45, 2.75) is 43.4 Å². The van der Waals surface area contributed by atoms with Crippen LogP contribution in [0, 0.1) is 5.92 Å². The lowest BCUT2D eigenvalue weighted by Crippen LogP contribution is -2.08. The third-order valence-electron chi connectivity index (χ3n) is 2.71. The highest BCUT2D eigenvalue weighted by atomic mass is 79.9. The highest BCUT2D eigenvalue weighted by Gasteiger charge is 2.15. The van der Waals surface area contributed by atoms with Crippen molar-refractivity contribution in [2.75, 3.05) is 13.7 Å². The van der Waals surface area contributed by atoms with Crippen LogP contribution in [0.5, 0.6) is 0 Å². The van der Waals surface area contributed by atoms with Crippen LogP contribution in [-0.2, 0) is 4.74 Å². The lowest BCUT2D eigenvalue weighted by Gasteiger charge is -2.12. The molecule has 0 radical (unpaired) electrons. The van der Waals surface area contributed by atoms with Crippen molar-refractivity contribution in [2.24, 2.45) is 5.92 Å². The summed E-state index contributed by atoms with van der Waals surface area (Å²) in [6, 6.07) is 0. The highest BCUT2D eigenvalue weighted by Crippen LogP contribution is 2.29. The van der Waals surface area contributed by atoms with Gasteiger partial charge >= 0.3 is 0 Å². The average molecular weight is 235 g/mol. The Morgan fingerprint density at radius 2 is 2.08 bits per heavy atom. The molecule has 1 fully saturated rings. The minimum atomic E-state index is 0.572. The number of halogens is 1. The molecule has 0 heterocycles. The van der Waals surface area contributed by atoms with E-state index >= 15 is 0 Å². The zero-order chi connectivity index (χ0) is 8.81. The first kappa shape index (κ1) is 10.5. The Morgan fingerprint density at radius 1 is 1.42 bits per heavy atom. The second-order valence-electron chi connectivity index (χ2n) is 3.78. The molecule has 0 aliphatic heterocycles. The van der Waals surface area contributed by atoms with E-state index in [1.54, 1.807) is 7.11 Å². The standard InChI is InChI=1S/C10H19BrO/c1-12-8-10(11)7-6-9-4-2-3-5-9/h9-10H,2-8H2,1H3. The predicted molar refractivity (Wildman–Crippen MR) is 55.8 cm³/mol. The third-order valence-corrected chi connectivity index (χ3v) is 3.43. The zero-order valence-corrected chi connectivity index (χ0v) is 9.48. The fourth-order valence-corrected chi connectivity index (χ4v) is 2.51. The Kier molecular flexibility index (Phi) is 5.24. The zero-order valence-electron chi connectivity index (χ0n) is 7.89. The summed E-state index contributed by atoms with van der Waals surface area (Å²) in [6.45, 7) is 0.854. The molecule has 2 heteroatoms. The smallest absolute Gasteiger partial charge is 0.0587 e. The quantitative estimate of drug-likeness (QED) is 0.664. The van der Waals surface area contributed by atoms with E-state index in [0.717, 1.165) is 12.5 Å². The third kappa shape index (κ3) is 3.90. The van der Waals surface area contributed by atoms with Crippen LogP contribution in [0.1, 0.15) is 38.5 Å². The highest BCUT2D eigenvalue weighted by molar-refractivity contribution is 9.09. The molecule has 1 aliphatic rings. The first-order valence-electron chi connectivity index (χ1n) is 4.96. The number of alkyl halides is 1. The van der Waals surface area contributed by atoms with Gasteiger partial charge in [0.15, 0.2) is 0 Å². The first-order valence-corrected chi connectivity index (χ1v) is 5.87. The van der Waals surface area contributed by atoms with Gasteiger partial charge in [-0.3, -0.25) is 0 Å². The van der Waals surface area contributed by atoms with Gasteiger partial charge in [0.2, 0.25) is 0 Å². The second-order valence-corrected chi connectivity index (χ2v) is 5.08. The topological polar surface area (TPSA) is 9.23 Å². The number of rotatable bonds is 5. The fraction of sp³-hybridized carbons (Fsp3) is 1.00. The average Bonchev–Trinajstić information content (AvgIpc) is 2.53. The molecule has 12 heavy (non-hydrogen) atoms. The van der Waals surface area contributed by atoms with E-state index < -0.39 is 0 Å². The molecule has 0 aromatic heterocycles. The minimum absolute atomic E-state index is 0.572. The molecule has 0 saturated heterocycles. The van der Waals surface area contributed by atoms with Crippen molar-refractivity contribution in [1.82, 2.24) is 0 Å². The predicted octanol–water partition coefficient (Wildman–Crippen LogP) is 3.37. The van der Waals surface area contributed by atoms with E-state index in [0.29, 0.717) is 4.83 Å². The molecule has 0 spiro atoms. The Labute approximate surface area is 84.0 Å². The molecular formula is C10H19BrO. The van der Waals surface area contributed by atoms with Crippen LogP contribution in [0.4, 0.5) is 0 Å². The van der Waals surface area contributed by atoms with Crippen molar-refractivity contribution in [3.63, 3.8) is 0 Å². The molecule has 1 nitrogen and oxygen atoms in total. The van der Waals surface area contributed by atoms with Gasteiger partial charge < -0.3 is 4.74 Å². The van der Waals surface area contributed by atoms with Gasteiger partial charge in [0, 0.05) is 11.9 Å². The minimum Gasteiger partial charge on any atom is -0.384 e. The Bertz CT molecular complexity index is 110. The molecular weight excluding hydrogens is 216 g/mol. The van der Waals surface area contributed by atoms with Gasteiger partial charge in [-0.15, -0.1) is 0 Å². The summed E-state index contributed by atoms with van der Waals surface area (Å²) in [6.07, 6.45) is 8.51. The summed E-state index contributed by atoms with van der Waals surface area (Å²) >= 11 is 3.62. The van der Waals surface area contributed by atoms with Crippen LogP contribution < -0.4 is 0 Å². The van der Waals surface area contributed by atoms with Crippen molar-refractivity contribution in [3.05, 3.63) is 0 Å². The van der Waals surface area contributed by atoms with Crippen molar-refractivity contribution in [1.29, 1.82) is 0 Å². The van der Waals surface area contributed by atoms with Crippen LogP contribution in [0.2, 0.25) is 0 Å². The summed E-state index contributed by atoms with van der Waals surface area (Å²) in [5, 5.41) is 0. The molecule has 0 bridgehead atoms. The van der Waals surface area contributed by atoms with Gasteiger partial charge in [-0.25, -0.2) is 0 Å². The number of methoxy groups -OCH3 is 1. The fourth-order valence-electron chi connectivity index (χ4n) is 1.98. The van der Waals surface area contributed by atoms with Gasteiger partial charge in [0.25, 0.3) is 0 Å². The van der Waals surface area contributed by atoms with E-state index in [4.69, 9.17) is 4.74 Å². The van der Waals surface area contributed by atoms with Crippen molar-refractivity contribution < 1.29 is 4.74 Å². The molecule has 0 N–H and O–H groups in total. The largest absolute Gasteiger partial charge is 0.384 e. The number of hydrogen-bond acceptors (Lipinski definition) is 1. The van der Waals surface area contributed by atoms with Gasteiger partial charge in [-0.1, -0.05) is 41.6 Å². The molecule has 1 aliphatic carbocycles. The maximum atomic E-state index is 5.07. The van der Waals surface area contributed by atoms with Gasteiger partial charge in [0.05, 0.1) is 6.61 Å².